The first kappa shape index (κ1) is 16.8. The Kier molecular flexibility index (Phi) is 6.26. The molecule has 0 bridgehead atoms. The van der Waals surface area contributed by atoms with Crippen LogP contribution in [0.15, 0.2) is 0 Å². The highest BCUT2D eigenvalue weighted by Gasteiger charge is 2.33. The Morgan fingerprint density at radius 1 is 1.25 bits per heavy atom. The van der Waals surface area contributed by atoms with E-state index < -0.39 is 11.7 Å². The van der Waals surface area contributed by atoms with Crippen molar-refractivity contribution in [2.75, 3.05) is 20.4 Å². The van der Waals surface area contributed by atoms with Crippen molar-refractivity contribution in [1.29, 1.82) is 0 Å². The second kappa shape index (κ2) is 7.47. The van der Waals surface area contributed by atoms with Crippen molar-refractivity contribution in [3.63, 3.8) is 0 Å². The summed E-state index contributed by atoms with van der Waals surface area (Å²) < 4.78 is 10.0. The van der Waals surface area contributed by atoms with E-state index in [0.717, 1.165) is 19.3 Å². The number of hydrogen-bond acceptors (Lipinski definition) is 4. The van der Waals surface area contributed by atoms with E-state index in [1.54, 1.807) is 20.8 Å². The molecular weight excluding hydrogens is 260 g/mol. The van der Waals surface area contributed by atoms with Crippen LogP contribution < -0.4 is 10.6 Å². The maximum Gasteiger partial charge on any atom is 0.407 e. The summed E-state index contributed by atoms with van der Waals surface area (Å²) in [6.07, 6.45) is 2.72. The molecule has 1 unspecified atom stereocenters. The molecule has 1 saturated carbocycles. The fraction of sp³-hybridized carbons (Fsp3) is 0.857. The molecule has 1 aliphatic carbocycles. The zero-order chi connectivity index (χ0) is 15.2. The molecule has 6 nitrogen and oxygen atoms in total. The van der Waals surface area contributed by atoms with Crippen LogP contribution in [0.25, 0.3) is 0 Å². The maximum absolute atomic E-state index is 12.1. The molecule has 0 aromatic carbocycles. The van der Waals surface area contributed by atoms with Crippen LogP contribution in [0.4, 0.5) is 4.79 Å². The van der Waals surface area contributed by atoms with E-state index in [9.17, 15) is 9.59 Å². The number of alkyl carbamates (subject to hydrolysis) is 1. The summed E-state index contributed by atoms with van der Waals surface area (Å²) in [5.74, 6) is 0.0424. The Bertz CT molecular complexity index is 335. The molecule has 0 spiro atoms. The van der Waals surface area contributed by atoms with E-state index >= 15 is 0 Å². The lowest BCUT2D eigenvalue weighted by molar-refractivity contribution is -0.129. The summed E-state index contributed by atoms with van der Waals surface area (Å²) in [6, 6.07) is 0. The first-order valence-electron chi connectivity index (χ1n) is 7.07. The van der Waals surface area contributed by atoms with Gasteiger partial charge in [0.05, 0.1) is 5.92 Å². The minimum atomic E-state index is -0.533. The fourth-order valence-corrected chi connectivity index (χ4v) is 2.10. The Labute approximate surface area is 120 Å². The number of amides is 2. The number of ether oxygens (including phenoxy) is 2. The number of carbonyl (C=O) groups excluding carboxylic acids is 2. The van der Waals surface area contributed by atoms with Gasteiger partial charge < -0.3 is 20.1 Å². The average Bonchev–Trinajstić information content (AvgIpc) is 2.26. The Morgan fingerprint density at radius 3 is 2.35 bits per heavy atom. The fourth-order valence-electron chi connectivity index (χ4n) is 2.10. The van der Waals surface area contributed by atoms with Crippen LogP contribution in [0.5, 0.6) is 0 Å². The van der Waals surface area contributed by atoms with Gasteiger partial charge in [-0.3, -0.25) is 4.79 Å². The van der Waals surface area contributed by atoms with Crippen LogP contribution in [0.2, 0.25) is 0 Å². The van der Waals surface area contributed by atoms with Crippen molar-refractivity contribution in [2.45, 2.75) is 45.6 Å². The highest BCUT2D eigenvalue weighted by atomic mass is 16.6. The molecule has 0 saturated heterocycles. The van der Waals surface area contributed by atoms with E-state index in [1.807, 2.05) is 0 Å². The maximum atomic E-state index is 12.1. The molecule has 0 aromatic rings. The molecule has 0 radical (unpaired) electrons. The van der Waals surface area contributed by atoms with Crippen molar-refractivity contribution in [1.82, 2.24) is 10.6 Å². The van der Waals surface area contributed by atoms with Gasteiger partial charge in [0, 0.05) is 13.7 Å². The molecule has 1 rings (SSSR count). The van der Waals surface area contributed by atoms with Gasteiger partial charge in [-0.15, -0.1) is 0 Å². The minimum absolute atomic E-state index is 0.0763. The third-order valence-electron chi connectivity index (χ3n) is 3.31. The molecule has 1 aliphatic rings. The molecule has 116 valence electrons. The van der Waals surface area contributed by atoms with Crippen molar-refractivity contribution >= 4 is 12.0 Å². The quantitative estimate of drug-likeness (QED) is 0.728. The van der Waals surface area contributed by atoms with Gasteiger partial charge in [-0.25, -0.2) is 4.79 Å². The number of methoxy groups -OCH3 is 1. The zero-order valence-corrected chi connectivity index (χ0v) is 12.8. The summed E-state index contributed by atoms with van der Waals surface area (Å²) in [5, 5.41) is 5.38. The molecule has 2 amide bonds. The molecule has 1 fully saturated rings. The van der Waals surface area contributed by atoms with E-state index in [2.05, 4.69) is 10.6 Å². The predicted molar refractivity (Wildman–Crippen MR) is 75.1 cm³/mol. The van der Waals surface area contributed by atoms with Gasteiger partial charge in [0.25, 0.3) is 0 Å². The Hall–Kier alpha value is -1.30. The first-order chi connectivity index (χ1) is 9.33. The van der Waals surface area contributed by atoms with Gasteiger partial charge in [-0.1, -0.05) is 6.42 Å². The van der Waals surface area contributed by atoms with Crippen LogP contribution >= 0.6 is 0 Å². The third-order valence-corrected chi connectivity index (χ3v) is 3.31. The summed E-state index contributed by atoms with van der Waals surface area (Å²) in [7, 11) is 1.53. The second-order valence-corrected chi connectivity index (χ2v) is 6.15. The van der Waals surface area contributed by atoms with Crippen LogP contribution in [-0.4, -0.2) is 38.0 Å². The molecular formula is C14H26N2O4. The topological polar surface area (TPSA) is 76.7 Å². The van der Waals surface area contributed by atoms with E-state index in [-0.39, 0.29) is 18.6 Å². The molecule has 0 aliphatic heterocycles. The lowest BCUT2D eigenvalue weighted by Crippen LogP contribution is -2.45. The van der Waals surface area contributed by atoms with Gasteiger partial charge in [-0.2, -0.15) is 0 Å². The summed E-state index contributed by atoms with van der Waals surface area (Å²) in [4.78, 5) is 23.7. The summed E-state index contributed by atoms with van der Waals surface area (Å²) in [6.45, 7) is 5.91. The van der Waals surface area contributed by atoms with Crippen LogP contribution in [0.1, 0.15) is 40.0 Å². The van der Waals surface area contributed by atoms with Crippen LogP contribution in [-0.2, 0) is 14.3 Å². The van der Waals surface area contributed by atoms with Crippen molar-refractivity contribution in [3.05, 3.63) is 0 Å². The van der Waals surface area contributed by atoms with E-state index in [1.165, 1.54) is 7.11 Å². The smallest absolute Gasteiger partial charge is 0.407 e. The van der Waals surface area contributed by atoms with Gasteiger partial charge in [0.1, 0.15) is 12.3 Å². The number of carbonyl (C=O) groups is 2. The van der Waals surface area contributed by atoms with Crippen LogP contribution in [0, 0.1) is 11.8 Å². The molecule has 20 heavy (non-hydrogen) atoms. The van der Waals surface area contributed by atoms with Crippen LogP contribution in [0.3, 0.4) is 0 Å². The monoisotopic (exact) mass is 286 g/mol. The Balaban J connectivity index is 2.44. The van der Waals surface area contributed by atoms with E-state index in [4.69, 9.17) is 9.47 Å². The normalized spacial score (nSPS) is 17.0. The second-order valence-electron chi connectivity index (χ2n) is 6.15. The number of rotatable bonds is 6. The number of nitrogens with one attached hydrogen (secondary N) is 2. The van der Waals surface area contributed by atoms with Gasteiger partial charge >= 0.3 is 6.09 Å². The highest BCUT2D eigenvalue weighted by Crippen LogP contribution is 2.33. The van der Waals surface area contributed by atoms with Crippen molar-refractivity contribution in [3.8, 4) is 0 Å². The van der Waals surface area contributed by atoms with Crippen molar-refractivity contribution < 1.29 is 19.1 Å². The third kappa shape index (κ3) is 5.77. The van der Waals surface area contributed by atoms with E-state index in [0.29, 0.717) is 12.5 Å². The SMILES string of the molecule is COCNC(=O)C(CNC(=O)OC(C)(C)C)C1CCC1. The minimum Gasteiger partial charge on any atom is -0.444 e. The summed E-state index contributed by atoms with van der Waals surface area (Å²) in [5.41, 5.74) is -0.533. The van der Waals surface area contributed by atoms with Crippen molar-refractivity contribution in [2.24, 2.45) is 11.8 Å². The molecule has 1 atom stereocenters. The van der Waals surface area contributed by atoms with Gasteiger partial charge in [0.15, 0.2) is 0 Å². The zero-order valence-electron chi connectivity index (χ0n) is 12.8. The standard InChI is InChI=1S/C14H26N2O4/c1-14(2,3)20-13(18)15-8-11(10-6-5-7-10)12(17)16-9-19-4/h10-11H,5-9H2,1-4H3,(H,15,18)(H,16,17). The number of hydrogen-bond donors (Lipinski definition) is 2. The molecule has 0 heterocycles. The molecule has 0 aromatic heterocycles. The van der Waals surface area contributed by atoms with Gasteiger partial charge in [0.2, 0.25) is 5.91 Å². The lowest BCUT2D eigenvalue weighted by atomic mass is 9.75. The van der Waals surface area contributed by atoms with Gasteiger partial charge in [-0.05, 0) is 39.5 Å². The highest BCUT2D eigenvalue weighted by molar-refractivity contribution is 5.80. The predicted octanol–water partition coefficient (Wildman–Crippen LogP) is 1.65. The molecule has 6 heteroatoms. The summed E-state index contributed by atoms with van der Waals surface area (Å²) >= 11 is 0. The average molecular weight is 286 g/mol. The Morgan fingerprint density at radius 2 is 1.90 bits per heavy atom. The largest absolute Gasteiger partial charge is 0.444 e. The lowest BCUT2D eigenvalue weighted by Gasteiger charge is -2.33. The molecule has 2 N–H and O–H groups in total. The first-order valence-corrected chi connectivity index (χ1v) is 7.07.